The number of rotatable bonds is 7. The molecule has 1 saturated carbocycles. The van der Waals surface area contributed by atoms with Crippen LogP contribution in [0.5, 0.6) is 5.75 Å². The van der Waals surface area contributed by atoms with Crippen LogP contribution in [0.2, 0.25) is 0 Å². The van der Waals surface area contributed by atoms with Crippen molar-refractivity contribution in [2.24, 2.45) is 0 Å². The minimum Gasteiger partial charge on any atom is -0.490 e. The number of nitrogens with one attached hydrogen (secondary N) is 1. The second-order valence-corrected chi connectivity index (χ2v) is 10.1. The molecule has 1 saturated heterocycles. The zero-order valence-electron chi connectivity index (χ0n) is 21.6. The molecule has 1 N–H and O–H groups in total. The summed E-state index contributed by atoms with van der Waals surface area (Å²) in [5.74, 6) is 1.71. The smallest absolute Gasteiger partial charge is 0.338 e. The Morgan fingerprint density at radius 1 is 1.00 bits per heavy atom. The molecule has 1 aliphatic heterocycles. The molecule has 2 aliphatic rings. The fourth-order valence-electron chi connectivity index (χ4n) is 5.45. The van der Waals surface area contributed by atoms with Gasteiger partial charge in [0.1, 0.15) is 23.3 Å². The van der Waals surface area contributed by atoms with E-state index >= 15 is 0 Å². The molecule has 4 aromatic rings. The molecular weight excluding hydrogens is 510 g/mol. The Hall–Kier alpha value is -4.17. The molecule has 0 spiro atoms. The first-order valence-electron chi connectivity index (χ1n) is 13.2. The molecule has 3 heterocycles. The van der Waals surface area contributed by atoms with Crippen LogP contribution >= 0.6 is 12.2 Å². The number of benzene rings is 2. The van der Waals surface area contributed by atoms with Crippen molar-refractivity contribution in [2.75, 3.05) is 12.0 Å². The lowest BCUT2D eigenvalue weighted by molar-refractivity contribution is 0.0601. The highest BCUT2D eigenvalue weighted by Crippen LogP contribution is 2.43. The first kappa shape index (κ1) is 25.1. The highest BCUT2D eigenvalue weighted by Gasteiger charge is 2.42. The average Bonchev–Trinajstić information content (AvgIpc) is 3.74. The lowest BCUT2D eigenvalue weighted by atomic mass is 10.0. The van der Waals surface area contributed by atoms with Crippen molar-refractivity contribution < 1.29 is 18.7 Å². The lowest BCUT2D eigenvalue weighted by Gasteiger charge is -2.26. The van der Waals surface area contributed by atoms with Gasteiger partial charge in [-0.2, -0.15) is 0 Å². The summed E-state index contributed by atoms with van der Waals surface area (Å²) in [6.07, 6.45) is 6.73. The highest BCUT2D eigenvalue weighted by atomic mass is 32.1. The maximum absolute atomic E-state index is 12.4. The zero-order chi connectivity index (χ0) is 26.8. The predicted octanol–water partition coefficient (Wildman–Crippen LogP) is 6.63. The third-order valence-electron chi connectivity index (χ3n) is 7.33. The Morgan fingerprint density at radius 3 is 2.51 bits per heavy atom. The number of hydrogen-bond acceptors (Lipinski definition) is 6. The van der Waals surface area contributed by atoms with E-state index in [-0.39, 0.29) is 12.1 Å². The molecule has 0 bridgehead atoms. The maximum Gasteiger partial charge on any atom is 0.338 e. The number of methoxy groups -OCH3 is 1. The fourth-order valence-corrected chi connectivity index (χ4v) is 5.79. The van der Waals surface area contributed by atoms with Crippen LogP contribution in [0.4, 0.5) is 5.69 Å². The van der Waals surface area contributed by atoms with Crippen molar-refractivity contribution in [3.8, 4) is 17.1 Å². The Labute approximate surface area is 232 Å². The van der Waals surface area contributed by atoms with E-state index in [1.807, 2.05) is 66.7 Å². The minimum atomic E-state index is -0.417. The molecule has 6 rings (SSSR count). The van der Waals surface area contributed by atoms with Crippen LogP contribution in [-0.4, -0.2) is 29.3 Å². The summed E-state index contributed by atoms with van der Waals surface area (Å²) < 4.78 is 17.6. The highest BCUT2D eigenvalue weighted by molar-refractivity contribution is 7.80. The van der Waals surface area contributed by atoms with E-state index in [4.69, 9.17) is 26.1 Å². The van der Waals surface area contributed by atoms with Gasteiger partial charge in [0.2, 0.25) is 0 Å². The summed E-state index contributed by atoms with van der Waals surface area (Å²) in [6.45, 7) is 0. The van der Waals surface area contributed by atoms with Crippen molar-refractivity contribution in [2.45, 2.75) is 43.9 Å². The molecule has 2 atom stereocenters. The van der Waals surface area contributed by atoms with Crippen LogP contribution in [0.25, 0.3) is 11.3 Å². The van der Waals surface area contributed by atoms with E-state index in [1.54, 1.807) is 18.3 Å². The number of anilines is 1. The molecule has 2 aromatic carbocycles. The van der Waals surface area contributed by atoms with Crippen molar-refractivity contribution >= 4 is 29.0 Å². The summed E-state index contributed by atoms with van der Waals surface area (Å²) in [5, 5.41) is 4.03. The van der Waals surface area contributed by atoms with Crippen molar-refractivity contribution in [3.05, 3.63) is 102 Å². The summed E-state index contributed by atoms with van der Waals surface area (Å²) in [4.78, 5) is 19.1. The third kappa shape index (κ3) is 5.00. The maximum atomic E-state index is 12.4. The number of nitrogens with zero attached hydrogens (tertiary/aromatic N) is 2. The van der Waals surface area contributed by atoms with Gasteiger partial charge in [-0.25, -0.2) is 4.79 Å². The van der Waals surface area contributed by atoms with Gasteiger partial charge in [0.05, 0.1) is 30.5 Å². The number of furan rings is 1. The summed E-state index contributed by atoms with van der Waals surface area (Å²) >= 11 is 5.85. The van der Waals surface area contributed by atoms with Gasteiger partial charge in [0, 0.05) is 17.4 Å². The van der Waals surface area contributed by atoms with Crippen LogP contribution in [0, 0.1) is 0 Å². The van der Waals surface area contributed by atoms with Crippen LogP contribution in [0.3, 0.4) is 0 Å². The quantitative estimate of drug-likeness (QED) is 0.207. The summed E-state index contributed by atoms with van der Waals surface area (Å²) in [7, 11) is 1.37. The standard InChI is InChI=1S/C31H29N3O4S/c1-36-30(35)24-11-5-4-10-23(24)26-17-18-27(38-26)29-28(25-12-6-7-19-32-25)33-31(39)34(29)20-13-15-22(16-14-20)37-21-8-2-3-9-21/h4-7,10-19,21,28-29H,2-3,8-9H2,1H3,(H,33,39). The van der Waals surface area contributed by atoms with Gasteiger partial charge in [0.15, 0.2) is 5.11 Å². The van der Waals surface area contributed by atoms with Crippen LogP contribution in [0.1, 0.15) is 59.6 Å². The Bertz CT molecular complexity index is 1460. The second-order valence-electron chi connectivity index (χ2n) is 9.75. The number of carbonyl (C=O) groups excluding carboxylic acids is 1. The topological polar surface area (TPSA) is 76.8 Å². The van der Waals surface area contributed by atoms with Crippen LogP contribution in [0.15, 0.2) is 89.5 Å². The van der Waals surface area contributed by atoms with Gasteiger partial charge in [-0.15, -0.1) is 0 Å². The fraction of sp³-hybridized carbons (Fsp3) is 0.258. The van der Waals surface area contributed by atoms with E-state index in [2.05, 4.69) is 15.2 Å². The number of pyridine rings is 1. The lowest BCUT2D eigenvalue weighted by Crippen LogP contribution is -2.29. The Kier molecular flexibility index (Phi) is 7.02. The number of aromatic nitrogens is 1. The summed E-state index contributed by atoms with van der Waals surface area (Å²) in [6, 6.07) is 24.4. The number of esters is 1. The molecule has 2 aromatic heterocycles. The van der Waals surface area contributed by atoms with E-state index in [0.717, 1.165) is 30.0 Å². The molecule has 8 heteroatoms. The van der Waals surface area contributed by atoms with Gasteiger partial charge in [-0.3, -0.25) is 4.98 Å². The SMILES string of the molecule is COC(=O)c1ccccc1-c1ccc(C2C(c3ccccn3)NC(=S)N2c2ccc(OC3CCCC3)cc2)o1. The molecule has 7 nitrogen and oxygen atoms in total. The van der Waals surface area contributed by atoms with Gasteiger partial charge in [0.25, 0.3) is 0 Å². The molecule has 0 amide bonds. The predicted molar refractivity (Wildman–Crippen MR) is 153 cm³/mol. The molecule has 198 valence electrons. The molecule has 1 aliphatic carbocycles. The number of carbonyl (C=O) groups is 1. The summed E-state index contributed by atoms with van der Waals surface area (Å²) in [5.41, 5.74) is 2.87. The average molecular weight is 540 g/mol. The van der Waals surface area contributed by atoms with E-state index in [1.165, 1.54) is 20.0 Å². The van der Waals surface area contributed by atoms with Crippen LogP contribution < -0.4 is 15.0 Å². The van der Waals surface area contributed by atoms with E-state index in [9.17, 15) is 4.79 Å². The first-order valence-corrected chi connectivity index (χ1v) is 13.6. The molecular formula is C31H29N3O4S. The Morgan fingerprint density at radius 2 is 1.77 bits per heavy atom. The Balaban J connectivity index is 1.37. The van der Waals surface area contributed by atoms with Gasteiger partial charge in [-0.05, 0) is 92.5 Å². The second kappa shape index (κ2) is 10.9. The molecule has 2 fully saturated rings. The normalized spacial score (nSPS) is 19.2. The van der Waals surface area contributed by atoms with Crippen LogP contribution in [-0.2, 0) is 4.74 Å². The van der Waals surface area contributed by atoms with Gasteiger partial charge >= 0.3 is 5.97 Å². The minimum absolute atomic E-state index is 0.247. The molecule has 39 heavy (non-hydrogen) atoms. The molecule has 2 unspecified atom stereocenters. The number of hydrogen-bond donors (Lipinski definition) is 1. The monoisotopic (exact) mass is 539 g/mol. The zero-order valence-corrected chi connectivity index (χ0v) is 22.4. The molecule has 0 radical (unpaired) electrons. The van der Waals surface area contributed by atoms with Gasteiger partial charge < -0.3 is 24.1 Å². The van der Waals surface area contributed by atoms with Crippen molar-refractivity contribution in [1.29, 1.82) is 0 Å². The van der Waals surface area contributed by atoms with Crippen molar-refractivity contribution in [3.63, 3.8) is 0 Å². The van der Waals surface area contributed by atoms with Crippen molar-refractivity contribution in [1.82, 2.24) is 10.3 Å². The largest absolute Gasteiger partial charge is 0.490 e. The van der Waals surface area contributed by atoms with E-state index in [0.29, 0.717) is 33.9 Å². The van der Waals surface area contributed by atoms with Gasteiger partial charge in [-0.1, -0.05) is 24.3 Å². The first-order chi connectivity index (χ1) is 19.1. The number of ether oxygens (including phenoxy) is 2. The third-order valence-corrected chi connectivity index (χ3v) is 7.65. The number of thiocarbonyl (C=S) groups is 1. The van der Waals surface area contributed by atoms with E-state index < -0.39 is 5.97 Å².